The molecule has 5 nitrogen and oxygen atoms in total. The van der Waals surface area contributed by atoms with Crippen molar-refractivity contribution in [3.63, 3.8) is 0 Å². The molecule has 0 fully saturated rings. The van der Waals surface area contributed by atoms with Gasteiger partial charge < -0.3 is 10.1 Å². The van der Waals surface area contributed by atoms with E-state index in [1.54, 1.807) is 0 Å². The van der Waals surface area contributed by atoms with Crippen molar-refractivity contribution in [2.24, 2.45) is 0 Å². The number of hydrogen-bond donors (Lipinski definition) is 1. The molecule has 0 saturated carbocycles. The number of esters is 1. The summed E-state index contributed by atoms with van der Waals surface area (Å²) in [6, 6.07) is 11.8. The molecular weight excluding hydrogens is 410 g/mol. The number of benzene rings is 1. The van der Waals surface area contributed by atoms with E-state index in [4.69, 9.17) is 11.3 Å². The first-order valence-electron chi connectivity index (χ1n) is 11.5. The summed E-state index contributed by atoms with van der Waals surface area (Å²) in [6.45, 7) is 16.6. The molecule has 174 valence electrons. The molecule has 1 heterocycles. The van der Waals surface area contributed by atoms with Gasteiger partial charge in [-0.05, 0) is 76.4 Å². The summed E-state index contributed by atoms with van der Waals surface area (Å²) in [6.07, 6.45) is 7.24. The number of unbranched alkanes of at least 4 members (excludes halogenated alkanes) is 3. The zero-order valence-electron chi connectivity index (χ0n) is 20.5. The van der Waals surface area contributed by atoms with Crippen LogP contribution in [0, 0.1) is 18.4 Å². The fraction of sp³-hybridized carbons (Fsp3) is 0.464. The van der Waals surface area contributed by atoms with Gasteiger partial charge in [0.25, 0.3) is 5.66 Å². The second-order valence-corrected chi connectivity index (χ2v) is 9.66. The molecule has 33 heavy (non-hydrogen) atoms. The number of nitrogens with one attached hydrogen (secondary N) is 1. The van der Waals surface area contributed by atoms with Gasteiger partial charge >= 0.3 is 5.97 Å². The average Bonchev–Trinajstić information content (AvgIpc) is 2.75. The van der Waals surface area contributed by atoms with E-state index < -0.39 is 11.3 Å². The third-order valence-corrected chi connectivity index (χ3v) is 4.77. The Morgan fingerprint density at radius 2 is 1.61 bits per heavy atom. The van der Waals surface area contributed by atoms with Gasteiger partial charge in [0.1, 0.15) is 5.60 Å². The Morgan fingerprint density at radius 1 is 0.970 bits per heavy atom. The van der Waals surface area contributed by atoms with Crippen LogP contribution >= 0.6 is 0 Å². The Bertz CT molecular complexity index is 999. The van der Waals surface area contributed by atoms with Crippen molar-refractivity contribution in [2.45, 2.75) is 84.4 Å². The summed E-state index contributed by atoms with van der Waals surface area (Å²) in [7, 11) is 0. The third-order valence-electron chi connectivity index (χ3n) is 4.77. The minimum atomic E-state index is -0.624. The van der Waals surface area contributed by atoms with Crippen LogP contribution in [0.3, 0.4) is 0 Å². The quantitative estimate of drug-likeness (QED) is 0.210. The average molecular weight is 446 g/mol. The maximum atomic E-state index is 11.7. The SMILES string of the molecule is [C-]#[N+]C(C)(C)Nc1ccc(C#Cc2ccc(CCCCCCC(=O)OC(C)(C)C)nc2)cc1. The Kier molecular flexibility index (Phi) is 9.49. The molecule has 1 aromatic carbocycles. The lowest BCUT2D eigenvalue weighted by Crippen LogP contribution is -2.25. The van der Waals surface area contributed by atoms with Crippen molar-refractivity contribution in [3.05, 3.63) is 70.8 Å². The molecule has 0 aliphatic carbocycles. The van der Waals surface area contributed by atoms with Gasteiger partial charge in [-0.3, -0.25) is 14.6 Å². The van der Waals surface area contributed by atoms with Crippen LogP contribution in [0.15, 0.2) is 42.6 Å². The predicted octanol–water partition coefficient (Wildman–Crippen LogP) is 6.38. The molecule has 0 aliphatic rings. The molecule has 0 saturated heterocycles. The van der Waals surface area contributed by atoms with Crippen LogP contribution in [0.2, 0.25) is 0 Å². The summed E-state index contributed by atoms with van der Waals surface area (Å²) >= 11 is 0. The summed E-state index contributed by atoms with van der Waals surface area (Å²) in [5.74, 6) is 6.20. The highest BCUT2D eigenvalue weighted by Gasteiger charge is 2.21. The summed E-state index contributed by atoms with van der Waals surface area (Å²) in [5, 5.41) is 3.18. The van der Waals surface area contributed by atoms with E-state index in [-0.39, 0.29) is 5.97 Å². The maximum Gasteiger partial charge on any atom is 0.306 e. The second-order valence-electron chi connectivity index (χ2n) is 9.66. The highest BCUT2D eigenvalue weighted by atomic mass is 16.6. The lowest BCUT2D eigenvalue weighted by Gasteiger charge is -2.19. The normalized spacial score (nSPS) is 11.2. The van der Waals surface area contributed by atoms with E-state index in [0.29, 0.717) is 6.42 Å². The topological polar surface area (TPSA) is 55.6 Å². The Morgan fingerprint density at radius 3 is 2.21 bits per heavy atom. The van der Waals surface area contributed by atoms with Gasteiger partial charge in [0.05, 0.1) is 0 Å². The Hall–Kier alpha value is -3.31. The number of aryl methyl sites for hydroxylation is 1. The highest BCUT2D eigenvalue weighted by Crippen LogP contribution is 2.17. The molecule has 1 N–H and O–H groups in total. The number of carbonyl (C=O) groups is 1. The molecule has 2 rings (SSSR count). The first kappa shape index (κ1) is 25.9. The second kappa shape index (κ2) is 12.1. The summed E-state index contributed by atoms with van der Waals surface area (Å²) in [4.78, 5) is 19.8. The third kappa shape index (κ3) is 10.7. The van der Waals surface area contributed by atoms with Gasteiger partial charge in [0.2, 0.25) is 0 Å². The Balaban J connectivity index is 1.73. The van der Waals surface area contributed by atoms with Crippen molar-refractivity contribution in [2.75, 3.05) is 5.32 Å². The monoisotopic (exact) mass is 445 g/mol. The first-order chi connectivity index (χ1) is 15.6. The number of pyridine rings is 1. The standard InChI is InChI=1S/C28H35N3O2/c1-27(2,3)33-26(32)12-10-8-7-9-11-24-18-17-23(21-30-24)14-13-22-15-19-25(20-16-22)31-28(4,5)29-6/h15-21,31H,7-12H2,1-5H3. The van der Waals surface area contributed by atoms with E-state index in [2.05, 4.69) is 27.0 Å². The summed E-state index contributed by atoms with van der Waals surface area (Å²) < 4.78 is 5.33. The van der Waals surface area contributed by atoms with Crippen molar-refractivity contribution in [1.82, 2.24) is 4.98 Å². The number of ether oxygens (including phenoxy) is 1. The van der Waals surface area contributed by atoms with Crippen LogP contribution in [0.1, 0.15) is 83.5 Å². The largest absolute Gasteiger partial charge is 0.460 e. The predicted molar refractivity (Wildman–Crippen MR) is 134 cm³/mol. The molecule has 0 bridgehead atoms. The fourth-order valence-corrected chi connectivity index (χ4v) is 3.13. The number of aromatic nitrogens is 1. The van der Waals surface area contributed by atoms with E-state index in [1.165, 1.54) is 0 Å². The van der Waals surface area contributed by atoms with Gasteiger partial charge in [-0.25, -0.2) is 6.57 Å². The molecule has 0 radical (unpaired) electrons. The zero-order valence-corrected chi connectivity index (χ0v) is 20.5. The number of nitrogens with zero attached hydrogens (tertiary/aromatic N) is 2. The van der Waals surface area contributed by atoms with Crippen molar-refractivity contribution >= 4 is 11.7 Å². The van der Waals surface area contributed by atoms with Crippen molar-refractivity contribution in [3.8, 4) is 11.8 Å². The van der Waals surface area contributed by atoms with E-state index >= 15 is 0 Å². The van der Waals surface area contributed by atoms with Crippen LogP contribution < -0.4 is 5.32 Å². The van der Waals surface area contributed by atoms with Gasteiger partial charge in [-0.15, -0.1) is 0 Å². The number of anilines is 1. The summed E-state index contributed by atoms with van der Waals surface area (Å²) in [5.41, 5.74) is 2.73. The van der Waals surface area contributed by atoms with E-state index in [9.17, 15) is 4.79 Å². The molecule has 2 aromatic rings. The minimum Gasteiger partial charge on any atom is -0.460 e. The van der Waals surface area contributed by atoms with E-state index in [0.717, 1.165) is 54.6 Å². The van der Waals surface area contributed by atoms with Crippen LogP contribution in [-0.4, -0.2) is 22.2 Å². The molecule has 0 atom stereocenters. The Labute approximate surface area is 198 Å². The molecular formula is C28H35N3O2. The minimum absolute atomic E-state index is 0.113. The lowest BCUT2D eigenvalue weighted by atomic mass is 10.1. The smallest absolute Gasteiger partial charge is 0.306 e. The molecule has 0 spiro atoms. The van der Waals surface area contributed by atoms with Gasteiger partial charge in [-0.1, -0.05) is 24.7 Å². The van der Waals surface area contributed by atoms with Gasteiger partial charge in [-0.2, -0.15) is 0 Å². The number of hydrogen-bond acceptors (Lipinski definition) is 4. The van der Waals surface area contributed by atoms with Gasteiger partial charge in [0.15, 0.2) is 0 Å². The molecule has 0 aliphatic heterocycles. The van der Waals surface area contributed by atoms with Crippen LogP contribution in [0.4, 0.5) is 5.69 Å². The first-order valence-corrected chi connectivity index (χ1v) is 11.5. The zero-order chi connectivity index (χ0) is 24.3. The molecule has 0 unspecified atom stereocenters. The molecule has 1 aromatic heterocycles. The van der Waals surface area contributed by atoms with Crippen LogP contribution in [-0.2, 0) is 16.0 Å². The van der Waals surface area contributed by atoms with E-state index in [1.807, 2.05) is 77.2 Å². The highest BCUT2D eigenvalue weighted by molar-refractivity contribution is 5.69. The van der Waals surface area contributed by atoms with Crippen LogP contribution in [0.5, 0.6) is 0 Å². The maximum absolute atomic E-state index is 11.7. The molecule has 0 amide bonds. The van der Waals surface area contributed by atoms with Crippen molar-refractivity contribution in [1.29, 1.82) is 0 Å². The van der Waals surface area contributed by atoms with Gasteiger partial charge in [0, 0.05) is 49.0 Å². The lowest BCUT2D eigenvalue weighted by molar-refractivity contribution is -0.154. The molecule has 5 heteroatoms. The number of rotatable bonds is 9. The van der Waals surface area contributed by atoms with Crippen molar-refractivity contribution < 1.29 is 9.53 Å². The van der Waals surface area contributed by atoms with Crippen LogP contribution in [0.25, 0.3) is 4.85 Å². The fourth-order valence-electron chi connectivity index (χ4n) is 3.13. The number of carbonyl (C=O) groups excluding carboxylic acids is 1.